The summed E-state index contributed by atoms with van der Waals surface area (Å²) in [4.78, 5) is 0. The summed E-state index contributed by atoms with van der Waals surface area (Å²) in [5, 5.41) is 0. The van der Waals surface area contributed by atoms with Crippen LogP contribution in [-0.2, 0) is 13.6 Å². The molecule has 0 aromatic rings. The Morgan fingerprint density at radius 2 is 1.27 bits per heavy atom. The first-order chi connectivity index (χ1) is 10.5. The first-order valence-electron chi connectivity index (χ1n) is 8.99. The molecule has 2 atom stereocenters. The molecule has 0 radical (unpaired) electrons. The van der Waals surface area contributed by atoms with Crippen LogP contribution in [0.4, 0.5) is 0 Å². The van der Waals surface area contributed by atoms with Crippen molar-refractivity contribution in [2.24, 2.45) is 11.8 Å². The predicted octanol–water partition coefficient (Wildman–Crippen LogP) is 6.84. The van der Waals surface area contributed by atoms with Gasteiger partial charge in [0.05, 0.1) is 13.2 Å². The van der Waals surface area contributed by atoms with Crippen molar-refractivity contribution in [1.82, 2.24) is 0 Å². The molecule has 0 aliphatic carbocycles. The van der Waals surface area contributed by atoms with Crippen LogP contribution in [0.3, 0.4) is 0 Å². The molecule has 0 bridgehead atoms. The zero-order chi connectivity index (χ0) is 16.8. The topological polar surface area (TPSA) is 35.5 Å². The van der Waals surface area contributed by atoms with Crippen molar-refractivity contribution in [3.63, 3.8) is 0 Å². The van der Waals surface area contributed by atoms with E-state index in [1.807, 2.05) is 0 Å². The molecule has 2 unspecified atom stereocenters. The highest BCUT2D eigenvalue weighted by molar-refractivity contribution is 7.55. The average molecular weight is 355 g/mol. The highest BCUT2D eigenvalue weighted by atomic mass is 35.5. The van der Waals surface area contributed by atoms with E-state index in [2.05, 4.69) is 27.7 Å². The summed E-state index contributed by atoms with van der Waals surface area (Å²) in [6, 6.07) is 0. The van der Waals surface area contributed by atoms with Gasteiger partial charge in [0.25, 0.3) is 0 Å². The molecule has 5 heteroatoms. The maximum absolute atomic E-state index is 12.6. The van der Waals surface area contributed by atoms with E-state index in [1.165, 1.54) is 25.7 Å². The van der Waals surface area contributed by atoms with Crippen LogP contribution < -0.4 is 0 Å². The lowest BCUT2D eigenvalue weighted by molar-refractivity contribution is 0.153. The summed E-state index contributed by atoms with van der Waals surface area (Å²) >= 11 is 5.86. The molecule has 3 nitrogen and oxygen atoms in total. The standard InChI is InChI=1S/C17H36ClO3P/c1-5-9-11-16(7-3)13-20-22(19,15-18)21-14-17(8-4)12-10-6-2/h16-17H,5-15H2,1-4H3. The van der Waals surface area contributed by atoms with Crippen LogP contribution in [0.2, 0.25) is 0 Å². The van der Waals surface area contributed by atoms with Crippen LogP contribution in [0.5, 0.6) is 0 Å². The summed E-state index contributed by atoms with van der Waals surface area (Å²) in [6.45, 7) is 9.64. The summed E-state index contributed by atoms with van der Waals surface area (Å²) in [6.07, 6.45) is 9.02. The third-order valence-corrected chi connectivity index (χ3v) is 6.50. The highest BCUT2D eigenvalue weighted by Crippen LogP contribution is 2.50. The van der Waals surface area contributed by atoms with Gasteiger partial charge in [-0.2, -0.15) is 0 Å². The Morgan fingerprint density at radius 1 is 0.864 bits per heavy atom. The van der Waals surface area contributed by atoms with Crippen molar-refractivity contribution in [3.05, 3.63) is 0 Å². The minimum absolute atomic E-state index is 0.0541. The van der Waals surface area contributed by atoms with Crippen molar-refractivity contribution in [2.75, 3.05) is 18.8 Å². The molecule has 0 rings (SSSR count). The lowest BCUT2D eigenvalue weighted by Crippen LogP contribution is -2.12. The second-order valence-electron chi connectivity index (χ2n) is 6.15. The number of rotatable bonds is 15. The number of halogens is 1. The monoisotopic (exact) mass is 354 g/mol. The maximum Gasteiger partial charge on any atom is 0.345 e. The van der Waals surface area contributed by atoms with E-state index < -0.39 is 7.60 Å². The quantitative estimate of drug-likeness (QED) is 0.238. The van der Waals surface area contributed by atoms with E-state index in [1.54, 1.807) is 0 Å². The molecular formula is C17H36ClO3P. The summed E-state index contributed by atoms with van der Waals surface area (Å²) in [5.74, 6) is 0.893. The largest absolute Gasteiger partial charge is 0.345 e. The lowest BCUT2D eigenvalue weighted by atomic mass is 10.0. The molecule has 0 fully saturated rings. The summed E-state index contributed by atoms with van der Waals surface area (Å²) < 4.78 is 23.9. The molecule has 134 valence electrons. The Labute approximate surface area is 143 Å². The van der Waals surface area contributed by atoms with Crippen LogP contribution in [0.25, 0.3) is 0 Å². The molecule has 0 aromatic heterocycles. The van der Waals surface area contributed by atoms with Crippen molar-refractivity contribution in [2.45, 2.75) is 79.1 Å². The molecule has 0 saturated heterocycles. The number of hydrogen-bond donors (Lipinski definition) is 0. The molecule has 0 amide bonds. The molecule has 0 aromatic carbocycles. The van der Waals surface area contributed by atoms with Crippen LogP contribution in [-0.4, -0.2) is 18.8 Å². The van der Waals surface area contributed by atoms with Crippen molar-refractivity contribution in [1.29, 1.82) is 0 Å². The zero-order valence-electron chi connectivity index (χ0n) is 15.0. The summed E-state index contributed by atoms with van der Waals surface area (Å²) in [5.41, 5.74) is -0.0541. The maximum atomic E-state index is 12.6. The fourth-order valence-corrected chi connectivity index (χ4v) is 3.84. The normalized spacial score (nSPS) is 17.1. The van der Waals surface area contributed by atoms with E-state index in [0.717, 1.165) is 25.7 Å². The van der Waals surface area contributed by atoms with E-state index in [4.69, 9.17) is 20.6 Å². The minimum atomic E-state index is -3.13. The average Bonchev–Trinajstić information content (AvgIpc) is 2.55. The van der Waals surface area contributed by atoms with Gasteiger partial charge in [-0.15, -0.1) is 11.6 Å². The Bertz CT molecular complexity index is 276. The van der Waals surface area contributed by atoms with E-state index in [9.17, 15) is 4.57 Å². The molecule has 0 aliphatic rings. The van der Waals surface area contributed by atoms with Crippen LogP contribution >= 0.6 is 19.2 Å². The fourth-order valence-electron chi connectivity index (χ4n) is 2.34. The van der Waals surface area contributed by atoms with E-state index in [0.29, 0.717) is 25.0 Å². The number of alkyl halides is 1. The second kappa shape index (κ2) is 13.8. The second-order valence-corrected chi connectivity index (χ2v) is 8.85. The van der Waals surface area contributed by atoms with Gasteiger partial charge in [0.15, 0.2) is 0 Å². The zero-order valence-corrected chi connectivity index (χ0v) is 16.6. The van der Waals surface area contributed by atoms with Gasteiger partial charge in [0.2, 0.25) is 0 Å². The minimum Gasteiger partial charge on any atom is -0.307 e. The summed E-state index contributed by atoms with van der Waals surface area (Å²) in [7, 11) is -3.13. The first-order valence-corrected chi connectivity index (χ1v) is 11.2. The molecule has 0 spiro atoms. The van der Waals surface area contributed by atoms with Gasteiger partial charge < -0.3 is 9.05 Å². The van der Waals surface area contributed by atoms with Gasteiger partial charge in [0.1, 0.15) is 5.62 Å². The lowest BCUT2D eigenvalue weighted by Gasteiger charge is -2.22. The molecular weight excluding hydrogens is 319 g/mol. The van der Waals surface area contributed by atoms with Crippen molar-refractivity contribution < 1.29 is 13.6 Å². The van der Waals surface area contributed by atoms with Crippen LogP contribution in [0.15, 0.2) is 0 Å². The Morgan fingerprint density at radius 3 is 1.55 bits per heavy atom. The van der Waals surface area contributed by atoms with Gasteiger partial charge in [-0.1, -0.05) is 66.2 Å². The third kappa shape index (κ3) is 10.3. The van der Waals surface area contributed by atoms with Crippen LogP contribution in [0.1, 0.15) is 79.1 Å². The third-order valence-electron chi connectivity index (χ3n) is 4.25. The SMILES string of the molecule is CCCCC(CC)COP(=O)(CCl)OCC(CC)CCCC. The number of hydrogen-bond acceptors (Lipinski definition) is 3. The van der Waals surface area contributed by atoms with Crippen molar-refractivity contribution in [3.8, 4) is 0 Å². The smallest absolute Gasteiger partial charge is 0.307 e. The van der Waals surface area contributed by atoms with E-state index >= 15 is 0 Å². The first kappa shape index (κ1) is 22.4. The van der Waals surface area contributed by atoms with Gasteiger partial charge in [-0.25, -0.2) is 0 Å². The van der Waals surface area contributed by atoms with Gasteiger partial charge in [-0.05, 0) is 24.7 Å². The molecule has 0 saturated carbocycles. The molecule has 0 aliphatic heterocycles. The molecule has 0 heterocycles. The Kier molecular flexibility index (Phi) is 14.1. The van der Waals surface area contributed by atoms with Gasteiger partial charge in [0, 0.05) is 0 Å². The number of unbranched alkanes of at least 4 members (excludes halogenated alkanes) is 2. The van der Waals surface area contributed by atoms with E-state index in [-0.39, 0.29) is 5.62 Å². The Hall–Kier alpha value is 0.440. The van der Waals surface area contributed by atoms with Gasteiger partial charge in [-0.3, -0.25) is 4.57 Å². The highest BCUT2D eigenvalue weighted by Gasteiger charge is 2.26. The predicted molar refractivity (Wildman–Crippen MR) is 96.8 cm³/mol. The molecule has 22 heavy (non-hydrogen) atoms. The van der Waals surface area contributed by atoms with Gasteiger partial charge >= 0.3 is 7.60 Å². The van der Waals surface area contributed by atoms with Crippen molar-refractivity contribution >= 4 is 19.2 Å². The fraction of sp³-hybridized carbons (Fsp3) is 1.00. The Balaban J connectivity index is 4.29. The molecule has 0 N–H and O–H groups in total. The van der Waals surface area contributed by atoms with Crippen LogP contribution in [0, 0.1) is 11.8 Å².